The number of nitrogen functional groups attached to an aromatic ring is 1. The first kappa shape index (κ1) is 9.87. The van der Waals surface area contributed by atoms with Crippen LogP contribution in [-0.2, 0) is 0 Å². The number of hydrogen-bond donors (Lipinski definition) is 2. The topological polar surface area (TPSA) is 46.2 Å². The highest BCUT2D eigenvalue weighted by molar-refractivity contribution is 6.33. The standard InChI is InChI=1S/C12H10ClNO/c13-12-7-9(14)4-5-11(12)8-2-1-3-10(15)6-8/h1-7,15H,14H2. The maximum Gasteiger partial charge on any atom is 0.116 e. The van der Waals surface area contributed by atoms with Crippen LogP contribution >= 0.6 is 11.6 Å². The van der Waals surface area contributed by atoms with E-state index in [9.17, 15) is 5.11 Å². The van der Waals surface area contributed by atoms with Gasteiger partial charge < -0.3 is 10.8 Å². The van der Waals surface area contributed by atoms with Gasteiger partial charge in [-0.1, -0.05) is 29.8 Å². The van der Waals surface area contributed by atoms with Crippen LogP contribution in [0.25, 0.3) is 11.1 Å². The molecule has 0 aliphatic carbocycles. The van der Waals surface area contributed by atoms with Gasteiger partial charge >= 0.3 is 0 Å². The van der Waals surface area contributed by atoms with Crippen molar-refractivity contribution in [1.29, 1.82) is 0 Å². The third-order valence-electron chi connectivity index (χ3n) is 2.15. The van der Waals surface area contributed by atoms with Crippen molar-refractivity contribution in [3.05, 3.63) is 47.5 Å². The fourth-order valence-corrected chi connectivity index (χ4v) is 1.74. The number of halogens is 1. The average molecular weight is 220 g/mol. The van der Waals surface area contributed by atoms with E-state index in [1.807, 2.05) is 12.1 Å². The number of nitrogens with two attached hydrogens (primary N) is 1. The number of benzene rings is 2. The van der Waals surface area contributed by atoms with Gasteiger partial charge in [-0.3, -0.25) is 0 Å². The second kappa shape index (κ2) is 3.83. The largest absolute Gasteiger partial charge is 0.508 e. The quantitative estimate of drug-likeness (QED) is 0.723. The Hall–Kier alpha value is -1.67. The van der Waals surface area contributed by atoms with E-state index >= 15 is 0 Å². The van der Waals surface area contributed by atoms with E-state index in [1.165, 1.54) is 0 Å². The van der Waals surface area contributed by atoms with Crippen LogP contribution in [-0.4, -0.2) is 5.11 Å². The SMILES string of the molecule is Nc1ccc(-c2cccc(O)c2)c(Cl)c1. The van der Waals surface area contributed by atoms with Crippen molar-refractivity contribution in [2.45, 2.75) is 0 Å². The molecule has 0 aliphatic rings. The van der Waals surface area contributed by atoms with Crippen LogP contribution in [0.5, 0.6) is 5.75 Å². The van der Waals surface area contributed by atoms with Gasteiger partial charge in [0.15, 0.2) is 0 Å². The van der Waals surface area contributed by atoms with Gasteiger partial charge in [-0.2, -0.15) is 0 Å². The number of phenols is 1. The molecule has 0 atom stereocenters. The van der Waals surface area contributed by atoms with Crippen LogP contribution in [0.15, 0.2) is 42.5 Å². The first-order chi connectivity index (χ1) is 7.16. The molecule has 3 heteroatoms. The Morgan fingerprint density at radius 1 is 1.07 bits per heavy atom. The van der Waals surface area contributed by atoms with Crippen molar-refractivity contribution >= 4 is 17.3 Å². The molecule has 0 fully saturated rings. The Kier molecular flexibility index (Phi) is 2.52. The van der Waals surface area contributed by atoms with Crippen LogP contribution in [0.1, 0.15) is 0 Å². The van der Waals surface area contributed by atoms with Crippen molar-refractivity contribution in [3.63, 3.8) is 0 Å². The molecule has 0 aromatic heterocycles. The second-order valence-corrected chi connectivity index (χ2v) is 3.70. The molecule has 2 rings (SSSR count). The number of phenolic OH excluding ortho intramolecular Hbond substituents is 1. The van der Waals surface area contributed by atoms with E-state index in [-0.39, 0.29) is 5.75 Å². The van der Waals surface area contributed by atoms with Crippen LogP contribution in [0, 0.1) is 0 Å². The summed E-state index contributed by atoms with van der Waals surface area (Å²) in [5, 5.41) is 9.94. The normalized spacial score (nSPS) is 10.2. The molecule has 76 valence electrons. The average Bonchev–Trinajstić information content (AvgIpc) is 2.17. The molecule has 0 amide bonds. The van der Waals surface area contributed by atoms with Gasteiger partial charge in [0.1, 0.15) is 5.75 Å². The summed E-state index contributed by atoms with van der Waals surface area (Å²) in [5.74, 6) is 0.223. The molecule has 0 bridgehead atoms. The molecule has 15 heavy (non-hydrogen) atoms. The minimum atomic E-state index is 0.223. The van der Waals surface area contributed by atoms with E-state index in [2.05, 4.69) is 0 Å². The van der Waals surface area contributed by atoms with Crippen molar-refractivity contribution in [3.8, 4) is 16.9 Å². The number of rotatable bonds is 1. The van der Waals surface area contributed by atoms with Gasteiger partial charge in [0, 0.05) is 11.3 Å². The van der Waals surface area contributed by atoms with Gasteiger partial charge in [0.25, 0.3) is 0 Å². The highest BCUT2D eigenvalue weighted by Gasteiger charge is 2.03. The Labute approximate surface area is 92.9 Å². The van der Waals surface area contributed by atoms with E-state index in [4.69, 9.17) is 17.3 Å². The molecular weight excluding hydrogens is 210 g/mol. The van der Waals surface area contributed by atoms with Crippen LogP contribution in [0.2, 0.25) is 5.02 Å². The summed E-state index contributed by atoms with van der Waals surface area (Å²) >= 11 is 6.05. The van der Waals surface area contributed by atoms with E-state index < -0.39 is 0 Å². The lowest BCUT2D eigenvalue weighted by Gasteiger charge is -2.05. The first-order valence-corrected chi connectivity index (χ1v) is 4.89. The predicted molar refractivity (Wildman–Crippen MR) is 63.0 cm³/mol. The number of hydrogen-bond acceptors (Lipinski definition) is 2. The Morgan fingerprint density at radius 2 is 1.87 bits per heavy atom. The fraction of sp³-hybridized carbons (Fsp3) is 0. The molecule has 0 heterocycles. The minimum Gasteiger partial charge on any atom is -0.508 e. The first-order valence-electron chi connectivity index (χ1n) is 4.51. The third-order valence-corrected chi connectivity index (χ3v) is 2.46. The van der Waals surface area contributed by atoms with Gasteiger partial charge in [-0.15, -0.1) is 0 Å². The number of aromatic hydroxyl groups is 1. The molecule has 0 radical (unpaired) electrons. The van der Waals surface area contributed by atoms with Gasteiger partial charge in [0.2, 0.25) is 0 Å². The second-order valence-electron chi connectivity index (χ2n) is 3.29. The molecule has 2 aromatic carbocycles. The molecule has 0 saturated carbocycles. The summed E-state index contributed by atoms with van der Waals surface area (Å²) < 4.78 is 0. The summed E-state index contributed by atoms with van der Waals surface area (Å²) in [6.07, 6.45) is 0. The summed E-state index contributed by atoms with van der Waals surface area (Å²) in [7, 11) is 0. The summed E-state index contributed by atoms with van der Waals surface area (Å²) in [6, 6.07) is 12.3. The zero-order valence-electron chi connectivity index (χ0n) is 7.94. The maximum absolute atomic E-state index is 9.35. The van der Waals surface area contributed by atoms with Crippen molar-refractivity contribution in [1.82, 2.24) is 0 Å². The highest BCUT2D eigenvalue weighted by Crippen LogP contribution is 2.30. The monoisotopic (exact) mass is 219 g/mol. The predicted octanol–water partition coefficient (Wildman–Crippen LogP) is 3.29. The lowest BCUT2D eigenvalue weighted by atomic mass is 10.1. The van der Waals surface area contributed by atoms with Crippen molar-refractivity contribution in [2.24, 2.45) is 0 Å². The Morgan fingerprint density at radius 3 is 2.53 bits per heavy atom. The van der Waals surface area contributed by atoms with Gasteiger partial charge in [-0.05, 0) is 29.8 Å². The van der Waals surface area contributed by atoms with Crippen molar-refractivity contribution in [2.75, 3.05) is 5.73 Å². The number of anilines is 1. The summed E-state index contributed by atoms with van der Waals surface area (Å²) in [6.45, 7) is 0. The lowest BCUT2D eigenvalue weighted by molar-refractivity contribution is 0.475. The molecule has 0 spiro atoms. The van der Waals surface area contributed by atoms with Crippen LogP contribution in [0.3, 0.4) is 0 Å². The maximum atomic E-state index is 9.35. The highest BCUT2D eigenvalue weighted by atomic mass is 35.5. The molecule has 0 saturated heterocycles. The van der Waals surface area contributed by atoms with Crippen LogP contribution in [0.4, 0.5) is 5.69 Å². The molecule has 0 unspecified atom stereocenters. The smallest absolute Gasteiger partial charge is 0.116 e. The summed E-state index contributed by atoms with van der Waals surface area (Å²) in [5.41, 5.74) is 7.97. The third kappa shape index (κ3) is 2.05. The zero-order chi connectivity index (χ0) is 10.8. The van der Waals surface area contributed by atoms with Crippen molar-refractivity contribution < 1.29 is 5.11 Å². The molecule has 2 aromatic rings. The molecular formula is C12H10ClNO. The minimum absolute atomic E-state index is 0.223. The Bertz CT molecular complexity index is 497. The van der Waals surface area contributed by atoms with Crippen LogP contribution < -0.4 is 5.73 Å². The summed E-state index contributed by atoms with van der Waals surface area (Å²) in [4.78, 5) is 0. The van der Waals surface area contributed by atoms with Gasteiger partial charge in [0.05, 0.1) is 5.02 Å². The molecule has 3 N–H and O–H groups in total. The fourth-order valence-electron chi connectivity index (χ4n) is 1.44. The lowest BCUT2D eigenvalue weighted by Crippen LogP contribution is -1.85. The molecule has 0 aliphatic heterocycles. The van der Waals surface area contributed by atoms with E-state index in [0.29, 0.717) is 10.7 Å². The zero-order valence-corrected chi connectivity index (χ0v) is 8.70. The molecule has 2 nitrogen and oxygen atoms in total. The van der Waals surface area contributed by atoms with E-state index in [1.54, 1.807) is 30.3 Å². The Balaban J connectivity index is 2.54. The van der Waals surface area contributed by atoms with Gasteiger partial charge in [-0.25, -0.2) is 0 Å². The van der Waals surface area contributed by atoms with E-state index in [0.717, 1.165) is 11.1 Å².